The summed E-state index contributed by atoms with van der Waals surface area (Å²) in [6.07, 6.45) is 1.69. The number of aliphatic hydroxyl groups is 1. The predicted molar refractivity (Wildman–Crippen MR) is 71.7 cm³/mol. The third-order valence-electron chi connectivity index (χ3n) is 2.75. The molecule has 0 amide bonds. The maximum Gasteiger partial charge on any atom is 0.214 e. The van der Waals surface area contributed by atoms with Crippen LogP contribution in [0.3, 0.4) is 0 Å². The van der Waals surface area contributed by atoms with E-state index < -0.39 is 10.0 Å². The first-order valence-electron chi connectivity index (χ1n) is 5.77. The van der Waals surface area contributed by atoms with Gasteiger partial charge >= 0.3 is 0 Å². The smallest absolute Gasteiger partial charge is 0.214 e. The van der Waals surface area contributed by atoms with Crippen molar-refractivity contribution in [3.05, 3.63) is 21.9 Å². The zero-order valence-corrected chi connectivity index (χ0v) is 11.6. The molecule has 98 valence electrons. The highest BCUT2D eigenvalue weighted by Gasteiger charge is 2.25. The molecule has 1 aliphatic rings. The Morgan fingerprint density at radius 2 is 2.28 bits per heavy atom. The van der Waals surface area contributed by atoms with Crippen molar-refractivity contribution in [3.63, 3.8) is 0 Å². The van der Waals surface area contributed by atoms with Crippen molar-refractivity contribution in [1.82, 2.24) is 4.31 Å². The molecular formula is C12H15NO3S2. The van der Waals surface area contributed by atoms with E-state index in [1.54, 1.807) is 4.31 Å². The molecule has 0 aromatic carbocycles. The van der Waals surface area contributed by atoms with Crippen LogP contribution in [0, 0.1) is 11.8 Å². The molecule has 0 saturated carbocycles. The van der Waals surface area contributed by atoms with Gasteiger partial charge in [0.1, 0.15) is 6.61 Å². The molecule has 1 N–H and O–H groups in total. The van der Waals surface area contributed by atoms with Crippen molar-refractivity contribution in [2.75, 3.05) is 18.9 Å². The monoisotopic (exact) mass is 285 g/mol. The summed E-state index contributed by atoms with van der Waals surface area (Å²) in [5.41, 5.74) is 0.832. The van der Waals surface area contributed by atoms with Gasteiger partial charge in [-0.15, -0.1) is 11.3 Å². The summed E-state index contributed by atoms with van der Waals surface area (Å²) in [4.78, 5) is 0.989. The fraction of sp³-hybridized carbons (Fsp3) is 0.500. The highest BCUT2D eigenvalue weighted by molar-refractivity contribution is 7.89. The van der Waals surface area contributed by atoms with Gasteiger partial charge in [-0.2, -0.15) is 4.31 Å². The number of thiophene rings is 1. The lowest BCUT2D eigenvalue weighted by Crippen LogP contribution is -2.36. The minimum absolute atomic E-state index is 0.161. The molecule has 6 heteroatoms. The molecule has 2 heterocycles. The van der Waals surface area contributed by atoms with Crippen LogP contribution in [0.5, 0.6) is 0 Å². The topological polar surface area (TPSA) is 57.6 Å². The van der Waals surface area contributed by atoms with E-state index in [0.717, 1.165) is 23.3 Å². The molecule has 1 aromatic rings. The average molecular weight is 285 g/mol. The van der Waals surface area contributed by atoms with E-state index in [1.165, 1.54) is 11.3 Å². The van der Waals surface area contributed by atoms with Gasteiger partial charge in [0, 0.05) is 28.9 Å². The van der Waals surface area contributed by atoms with Crippen LogP contribution in [-0.2, 0) is 16.6 Å². The first-order valence-corrected chi connectivity index (χ1v) is 8.26. The third kappa shape index (κ3) is 3.33. The van der Waals surface area contributed by atoms with Crippen molar-refractivity contribution in [2.45, 2.75) is 19.4 Å². The van der Waals surface area contributed by atoms with Crippen molar-refractivity contribution < 1.29 is 13.5 Å². The lowest BCUT2D eigenvalue weighted by atomic mass is 10.3. The second-order valence-electron chi connectivity index (χ2n) is 4.12. The van der Waals surface area contributed by atoms with Gasteiger partial charge in [0.15, 0.2) is 0 Å². The highest BCUT2D eigenvalue weighted by Crippen LogP contribution is 2.21. The second-order valence-corrected chi connectivity index (χ2v) is 7.20. The van der Waals surface area contributed by atoms with Crippen molar-refractivity contribution in [1.29, 1.82) is 0 Å². The number of nitrogens with zero attached hydrogens (tertiary/aromatic N) is 1. The van der Waals surface area contributed by atoms with E-state index in [1.807, 2.05) is 11.4 Å². The van der Waals surface area contributed by atoms with Gasteiger partial charge < -0.3 is 5.11 Å². The van der Waals surface area contributed by atoms with Crippen molar-refractivity contribution >= 4 is 21.4 Å². The lowest BCUT2D eigenvalue weighted by molar-refractivity contribution is 0.350. The van der Waals surface area contributed by atoms with Gasteiger partial charge in [0.05, 0.1) is 5.75 Å². The molecule has 1 saturated heterocycles. The summed E-state index contributed by atoms with van der Waals surface area (Å²) in [6.45, 7) is 0.886. The molecule has 1 aromatic heterocycles. The van der Waals surface area contributed by atoms with Gasteiger partial charge in [0.25, 0.3) is 0 Å². The molecule has 0 bridgehead atoms. The molecule has 0 spiro atoms. The fourth-order valence-corrected chi connectivity index (χ4v) is 4.35. The minimum Gasteiger partial charge on any atom is -0.384 e. The van der Waals surface area contributed by atoms with Gasteiger partial charge in [0.2, 0.25) is 10.0 Å². The van der Waals surface area contributed by atoms with Crippen LogP contribution in [0.1, 0.15) is 23.3 Å². The molecule has 0 radical (unpaired) electrons. The van der Waals surface area contributed by atoms with Gasteiger partial charge in [-0.1, -0.05) is 11.8 Å². The van der Waals surface area contributed by atoms with Gasteiger partial charge in [-0.05, 0) is 18.9 Å². The van der Waals surface area contributed by atoms with Crippen molar-refractivity contribution in [3.8, 4) is 11.8 Å². The minimum atomic E-state index is -3.07. The Bertz CT molecular complexity index is 566. The van der Waals surface area contributed by atoms with E-state index in [4.69, 9.17) is 5.11 Å². The summed E-state index contributed by atoms with van der Waals surface area (Å²) in [5.74, 6) is 5.65. The van der Waals surface area contributed by atoms with Crippen LogP contribution in [0.2, 0.25) is 0 Å². The quantitative estimate of drug-likeness (QED) is 0.825. The van der Waals surface area contributed by atoms with Crippen LogP contribution in [0.4, 0.5) is 0 Å². The first kappa shape index (κ1) is 13.6. The first-order chi connectivity index (χ1) is 8.62. The maximum atomic E-state index is 11.8. The number of aliphatic hydroxyl groups excluding tert-OH is 1. The summed E-state index contributed by atoms with van der Waals surface area (Å²) in [7, 11) is -3.07. The number of sulfonamides is 1. The van der Waals surface area contributed by atoms with E-state index in [-0.39, 0.29) is 12.4 Å². The SMILES string of the molecule is O=S1(=O)CCCCN1Cc1cc(C#CCO)cs1. The van der Waals surface area contributed by atoms with Crippen LogP contribution in [-0.4, -0.2) is 36.7 Å². The zero-order chi connectivity index (χ0) is 13.0. The molecule has 4 nitrogen and oxygen atoms in total. The predicted octanol–water partition coefficient (Wildman–Crippen LogP) is 1.02. The van der Waals surface area contributed by atoms with Crippen molar-refractivity contribution in [2.24, 2.45) is 0 Å². The molecule has 18 heavy (non-hydrogen) atoms. The molecule has 0 aliphatic carbocycles. The summed E-state index contributed by atoms with van der Waals surface area (Å²) in [5, 5.41) is 10.5. The number of hydrogen-bond acceptors (Lipinski definition) is 4. The average Bonchev–Trinajstić information content (AvgIpc) is 2.77. The summed E-state index contributed by atoms with van der Waals surface area (Å²) in [6, 6.07) is 1.89. The Morgan fingerprint density at radius 1 is 1.44 bits per heavy atom. The summed E-state index contributed by atoms with van der Waals surface area (Å²) >= 11 is 1.50. The van der Waals surface area contributed by atoms with Crippen LogP contribution in [0.25, 0.3) is 0 Å². The summed E-state index contributed by atoms with van der Waals surface area (Å²) < 4.78 is 25.2. The van der Waals surface area contributed by atoms with E-state index in [2.05, 4.69) is 11.8 Å². The number of hydrogen-bond donors (Lipinski definition) is 1. The van der Waals surface area contributed by atoms with E-state index >= 15 is 0 Å². The third-order valence-corrected chi connectivity index (χ3v) is 5.58. The Kier molecular flexibility index (Phi) is 4.40. The second kappa shape index (κ2) is 5.85. The highest BCUT2D eigenvalue weighted by atomic mass is 32.2. The van der Waals surface area contributed by atoms with E-state index in [0.29, 0.717) is 13.1 Å². The van der Waals surface area contributed by atoms with E-state index in [9.17, 15) is 8.42 Å². The van der Waals surface area contributed by atoms with Gasteiger partial charge in [-0.25, -0.2) is 8.42 Å². The van der Waals surface area contributed by atoms with Crippen LogP contribution in [0.15, 0.2) is 11.4 Å². The Balaban J connectivity index is 2.07. The lowest BCUT2D eigenvalue weighted by Gasteiger charge is -2.25. The standard InChI is InChI=1S/C12H15NO3S2/c14-6-3-4-11-8-12(17-10-11)9-13-5-1-2-7-18(13,15)16/h8,10,14H,1-2,5-7,9H2. The zero-order valence-electron chi connectivity index (χ0n) is 9.92. The van der Waals surface area contributed by atoms with Gasteiger partial charge in [-0.3, -0.25) is 0 Å². The number of rotatable bonds is 2. The molecular weight excluding hydrogens is 270 g/mol. The van der Waals surface area contributed by atoms with Crippen LogP contribution >= 0.6 is 11.3 Å². The normalized spacial score (nSPS) is 19.2. The molecule has 0 atom stereocenters. The molecule has 1 fully saturated rings. The Labute approximate surface area is 111 Å². The Hall–Kier alpha value is -0.870. The molecule has 1 aliphatic heterocycles. The largest absolute Gasteiger partial charge is 0.384 e. The molecule has 0 unspecified atom stereocenters. The maximum absolute atomic E-state index is 11.8. The fourth-order valence-electron chi connectivity index (χ4n) is 1.86. The Morgan fingerprint density at radius 3 is 3.00 bits per heavy atom. The van der Waals surface area contributed by atoms with Crippen LogP contribution < -0.4 is 0 Å². The molecule has 2 rings (SSSR count).